The van der Waals surface area contributed by atoms with E-state index in [0.717, 1.165) is 30.8 Å². The summed E-state index contributed by atoms with van der Waals surface area (Å²) >= 11 is 11.5. The number of halogens is 2. The second-order valence-electron chi connectivity index (χ2n) is 4.85. The number of carboxylic acids is 1. The Hall–Kier alpha value is -2.06. The number of benzene rings is 1. The van der Waals surface area contributed by atoms with Gasteiger partial charge in [0.1, 0.15) is 0 Å². The zero-order valence-corrected chi connectivity index (χ0v) is 15.2. The monoisotopic (exact) mass is 392 g/mol. The normalized spacial score (nSPS) is 9.52. The minimum absolute atomic E-state index is 0.215. The lowest BCUT2D eigenvalue weighted by Gasteiger charge is -2.23. The molecule has 0 aliphatic rings. The molecular formula is C15H22Cl2N4O4. The molecule has 1 rings (SSSR count). The Kier molecular flexibility index (Phi) is 13.1. The van der Waals surface area contributed by atoms with Gasteiger partial charge in [0.2, 0.25) is 0 Å². The first kappa shape index (κ1) is 22.9. The fourth-order valence-electron chi connectivity index (χ4n) is 1.94. The van der Waals surface area contributed by atoms with Crippen molar-refractivity contribution in [3.8, 4) is 0 Å². The maximum Gasteiger partial charge on any atom is 0.335 e. The molecule has 25 heavy (non-hydrogen) atoms. The maximum absolute atomic E-state index is 10.4. The molecule has 4 N–H and O–H groups in total. The topological polar surface area (TPSA) is 125 Å². The minimum atomic E-state index is -0.940. The zero-order chi connectivity index (χ0) is 19.1. The highest BCUT2D eigenvalue weighted by Crippen LogP contribution is 2.16. The van der Waals surface area contributed by atoms with Crippen molar-refractivity contribution < 1.29 is 14.7 Å². The number of alkyl halides is 2. The molecule has 0 radical (unpaired) electrons. The smallest absolute Gasteiger partial charge is 0.335 e. The number of amides is 2. The van der Waals surface area contributed by atoms with Gasteiger partial charge in [0.15, 0.2) is 0 Å². The predicted octanol–water partition coefficient (Wildman–Crippen LogP) is 2.71. The van der Waals surface area contributed by atoms with Gasteiger partial charge in [0.05, 0.1) is 5.29 Å². The molecule has 0 saturated carbocycles. The molecule has 8 nitrogen and oxygen atoms in total. The molecule has 0 unspecified atom stereocenters. The number of urea groups is 1. The number of primary amides is 1. The number of carboxylic acid groups (broad SMARTS) is 1. The number of hydrogen-bond donors (Lipinski definition) is 3. The van der Waals surface area contributed by atoms with Gasteiger partial charge in [-0.25, -0.2) is 4.79 Å². The van der Waals surface area contributed by atoms with Gasteiger partial charge < -0.3 is 15.7 Å². The van der Waals surface area contributed by atoms with Crippen LogP contribution in [0.5, 0.6) is 0 Å². The molecule has 2 amide bonds. The number of anilines is 1. The van der Waals surface area contributed by atoms with Crippen molar-refractivity contribution in [2.75, 3.05) is 29.7 Å². The Bertz CT molecular complexity index is 523. The first-order chi connectivity index (χ1) is 11.9. The van der Waals surface area contributed by atoms with Gasteiger partial charge in [-0.2, -0.15) is 5.43 Å². The molecule has 0 aliphatic carbocycles. The third-order valence-electron chi connectivity index (χ3n) is 3.02. The SMILES string of the molecule is NC(=O)NN=O.O=C(O)CCCc1ccc(N(CCCl)CCCl)cc1. The summed E-state index contributed by atoms with van der Waals surface area (Å²) in [4.78, 5) is 31.0. The molecule has 0 aliphatic heterocycles. The van der Waals surface area contributed by atoms with Crippen molar-refractivity contribution in [2.45, 2.75) is 19.3 Å². The average molecular weight is 393 g/mol. The van der Waals surface area contributed by atoms with Crippen LogP contribution in [-0.2, 0) is 11.2 Å². The summed E-state index contributed by atoms with van der Waals surface area (Å²) in [5.41, 5.74) is 8.03. The van der Waals surface area contributed by atoms with Crippen molar-refractivity contribution in [1.29, 1.82) is 0 Å². The summed E-state index contributed by atoms with van der Waals surface area (Å²) in [5.74, 6) is 0.390. The van der Waals surface area contributed by atoms with E-state index in [1.807, 2.05) is 29.6 Å². The summed E-state index contributed by atoms with van der Waals surface area (Å²) in [6, 6.07) is 7.20. The molecule has 10 heteroatoms. The molecular weight excluding hydrogens is 371 g/mol. The summed E-state index contributed by atoms with van der Waals surface area (Å²) < 4.78 is 0. The van der Waals surface area contributed by atoms with Crippen LogP contribution < -0.4 is 16.1 Å². The number of aryl methyl sites for hydroxylation is 1. The number of carbonyl (C=O) groups is 2. The van der Waals surface area contributed by atoms with Crippen LogP contribution in [0.15, 0.2) is 29.6 Å². The third-order valence-corrected chi connectivity index (χ3v) is 3.36. The van der Waals surface area contributed by atoms with Gasteiger partial charge in [-0.1, -0.05) is 12.1 Å². The number of nitrogens with one attached hydrogen (secondary N) is 1. The number of aliphatic carboxylic acids is 1. The average Bonchev–Trinajstić information content (AvgIpc) is 2.55. The van der Waals surface area contributed by atoms with E-state index in [9.17, 15) is 9.59 Å². The van der Waals surface area contributed by atoms with E-state index >= 15 is 0 Å². The van der Waals surface area contributed by atoms with Gasteiger partial charge in [0, 0.05) is 37.0 Å². The van der Waals surface area contributed by atoms with E-state index < -0.39 is 12.0 Å². The van der Waals surface area contributed by atoms with E-state index in [2.05, 4.69) is 10.6 Å². The van der Waals surface area contributed by atoms with Crippen LogP contribution in [0.25, 0.3) is 0 Å². The van der Waals surface area contributed by atoms with Crippen molar-refractivity contribution in [2.24, 2.45) is 11.0 Å². The largest absolute Gasteiger partial charge is 0.481 e. The standard InChI is InChI=1S/C14H19Cl2NO2.CH3N3O2/c15-8-10-17(11-9-16)13-6-4-12(5-7-13)2-1-3-14(18)19;2-1(5)3-4-6/h4-7H,1-3,8-11H2,(H,18,19);(H3,2,3,5,6). The highest BCUT2D eigenvalue weighted by Gasteiger charge is 2.05. The van der Waals surface area contributed by atoms with Crippen molar-refractivity contribution in [3.05, 3.63) is 34.7 Å². The summed E-state index contributed by atoms with van der Waals surface area (Å²) in [6.45, 7) is 1.54. The van der Waals surface area contributed by atoms with Crippen LogP contribution in [0.2, 0.25) is 0 Å². The first-order valence-electron chi connectivity index (χ1n) is 7.50. The van der Waals surface area contributed by atoms with Crippen LogP contribution in [0.1, 0.15) is 18.4 Å². The van der Waals surface area contributed by atoms with E-state index in [1.54, 1.807) is 0 Å². The van der Waals surface area contributed by atoms with E-state index in [4.69, 9.17) is 33.2 Å². The Morgan fingerprint density at radius 2 is 1.72 bits per heavy atom. The number of nitrogens with zero attached hydrogens (tertiary/aromatic N) is 2. The van der Waals surface area contributed by atoms with Gasteiger partial charge >= 0.3 is 12.0 Å². The van der Waals surface area contributed by atoms with Crippen molar-refractivity contribution in [1.82, 2.24) is 5.43 Å². The number of carbonyl (C=O) groups excluding carboxylic acids is 1. The number of hydrogen-bond acceptors (Lipinski definition) is 5. The summed E-state index contributed by atoms with van der Waals surface area (Å²) in [7, 11) is 0. The molecule has 0 heterocycles. The molecule has 0 saturated heterocycles. The van der Waals surface area contributed by atoms with Gasteiger partial charge in [-0.15, -0.1) is 28.1 Å². The van der Waals surface area contributed by atoms with Crippen molar-refractivity contribution >= 4 is 40.9 Å². The lowest BCUT2D eigenvalue weighted by Crippen LogP contribution is -2.27. The van der Waals surface area contributed by atoms with Crippen LogP contribution in [-0.4, -0.2) is 42.0 Å². The molecule has 140 valence electrons. The van der Waals surface area contributed by atoms with E-state index in [0.29, 0.717) is 18.2 Å². The van der Waals surface area contributed by atoms with Gasteiger partial charge in [0.25, 0.3) is 0 Å². The first-order valence-corrected chi connectivity index (χ1v) is 8.56. The number of rotatable bonds is 10. The molecule has 0 atom stereocenters. The molecule has 1 aromatic carbocycles. The fourth-order valence-corrected chi connectivity index (χ4v) is 2.34. The quantitative estimate of drug-likeness (QED) is 0.320. The Morgan fingerprint density at radius 1 is 1.16 bits per heavy atom. The second-order valence-corrected chi connectivity index (χ2v) is 5.60. The molecule has 0 bridgehead atoms. The molecule has 0 spiro atoms. The van der Waals surface area contributed by atoms with Crippen LogP contribution in [0.3, 0.4) is 0 Å². The molecule has 0 aromatic heterocycles. The predicted molar refractivity (Wildman–Crippen MR) is 99.2 cm³/mol. The molecule has 0 fully saturated rings. The van der Waals surface area contributed by atoms with Gasteiger partial charge in [-0.05, 0) is 30.5 Å². The van der Waals surface area contributed by atoms with Crippen molar-refractivity contribution in [3.63, 3.8) is 0 Å². The molecule has 1 aromatic rings. The zero-order valence-electron chi connectivity index (χ0n) is 13.7. The third kappa shape index (κ3) is 12.0. The highest BCUT2D eigenvalue weighted by atomic mass is 35.5. The van der Waals surface area contributed by atoms with Crippen LogP contribution >= 0.6 is 23.2 Å². The van der Waals surface area contributed by atoms with Crippen LogP contribution in [0, 0.1) is 4.91 Å². The minimum Gasteiger partial charge on any atom is -0.481 e. The maximum atomic E-state index is 10.4. The van der Waals surface area contributed by atoms with Crippen LogP contribution in [0.4, 0.5) is 10.5 Å². The van der Waals surface area contributed by atoms with E-state index in [-0.39, 0.29) is 6.42 Å². The Balaban J connectivity index is 0.000000823. The number of nitrogens with two attached hydrogens (primary N) is 1. The van der Waals surface area contributed by atoms with E-state index in [1.165, 1.54) is 5.43 Å². The Morgan fingerprint density at radius 3 is 2.08 bits per heavy atom. The lowest BCUT2D eigenvalue weighted by atomic mass is 10.1. The highest BCUT2D eigenvalue weighted by molar-refractivity contribution is 6.18. The van der Waals surface area contributed by atoms with Gasteiger partial charge in [-0.3, -0.25) is 4.79 Å². The summed E-state index contributed by atoms with van der Waals surface area (Å²) in [6.07, 6.45) is 1.67. The summed E-state index contributed by atoms with van der Waals surface area (Å²) in [5, 5.41) is 10.6. The Labute approximate surface area is 156 Å². The second kappa shape index (κ2) is 14.3. The fraction of sp³-hybridized carbons (Fsp3) is 0.467. The number of nitroso groups, excluding NO2 is 1. The lowest BCUT2D eigenvalue weighted by molar-refractivity contribution is -0.137.